The summed E-state index contributed by atoms with van der Waals surface area (Å²) in [6, 6.07) is 2.50. The SMILES string of the molecule is CC1CN(C)CCC1Nc1nc(Cl)nc2sccc12. The first kappa shape index (κ1) is 13.1. The maximum Gasteiger partial charge on any atom is 0.225 e. The van der Waals surface area contributed by atoms with Crippen molar-refractivity contribution in [3.8, 4) is 0 Å². The minimum absolute atomic E-state index is 0.318. The lowest BCUT2D eigenvalue weighted by Crippen LogP contribution is -2.43. The molecule has 102 valence electrons. The van der Waals surface area contributed by atoms with Crippen LogP contribution in [0.2, 0.25) is 5.28 Å². The summed E-state index contributed by atoms with van der Waals surface area (Å²) in [6.45, 7) is 4.51. The number of nitrogens with zero attached hydrogens (tertiary/aromatic N) is 3. The third-order valence-electron chi connectivity index (χ3n) is 3.73. The zero-order valence-corrected chi connectivity index (χ0v) is 12.6. The Hall–Kier alpha value is -0.910. The van der Waals surface area contributed by atoms with Gasteiger partial charge >= 0.3 is 0 Å². The topological polar surface area (TPSA) is 41.0 Å². The number of rotatable bonds is 2. The van der Waals surface area contributed by atoms with Gasteiger partial charge < -0.3 is 10.2 Å². The second-order valence-corrected chi connectivity index (χ2v) is 6.49. The second kappa shape index (κ2) is 5.23. The van der Waals surface area contributed by atoms with Crippen molar-refractivity contribution >= 4 is 39.0 Å². The Balaban J connectivity index is 1.86. The summed E-state index contributed by atoms with van der Waals surface area (Å²) in [7, 11) is 2.17. The molecule has 1 saturated heterocycles. The van der Waals surface area contributed by atoms with Gasteiger partial charge in [0, 0.05) is 12.6 Å². The Morgan fingerprint density at radius 3 is 3.11 bits per heavy atom. The van der Waals surface area contributed by atoms with Crippen LogP contribution in [-0.2, 0) is 0 Å². The van der Waals surface area contributed by atoms with Gasteiger partial charge in [-0.1, -0.05) is 6.92 Å². The van der Waals surface area contributed by atoms with Gasteiger partial charge in [0.25, 0.3) is 0 Å². The molecule has 1 N–H and O–H groups in total. The maximum atomic E-state index is 5.99. The molecule has 3 rings (SSSR count). The molecular formula is C13H17ClN4S. The highest BCUT2D eigenvalue weighted by Gasteiger charge is 2.25. The number of halogens is 1. The first-order chi connectivity index (χ1) is 9.13. The Labute approximate surface area is 121 Å². The molecule has 0 aromatic carbocycles. The van der Waals surface area contributed by atoms with Crippen molar-refractivity contribution in [2.24, 2.45) is 5.92 Å². The first-order valence-electron chi connectivity index (χ1n) is 6.49. The van der Waals surface area contributed by atoms with Gasteiger partial charge in [0.05, 0.1) is 5.39 Å². The highest BCUT2D eigenvalue weighted by atomic mass is 35.5. The van der Waals surface area contributed by atoms with Crippen molar-refractivity contribution < 1.29 is 0 Å². The molecule has 2 aromatic heterocycles. The summed E-state index contributed by atoms with van der Waals surface area (Å²) in [5, 5.41) is 6.98. The second-order valence-electron chi connectivity index (χ2n) is 5.26. The van der Waals surface area contributed by atoms with Crippen molar-refractivity contribution in [2.45, 2.75) is 19.4 Å². The van der Waals surface area contributed by atoms with Crippen LogP contribution in [0.15, 0.2) is 11.4 Å². The molecule has 0 spiro atoms. The molecule has 1 aliphatic heterocycles. The van der Waals surface area contributed by atoms with Crippen LogP contribution in [0, 0.1) is 5.92 Å². The minimum Gasteiger partial charge on any atom is -0.366 e. The highest BCUT2D eigenvalue weighted by molar-refractivity contribution is 7.16. The van der Waals surface area contributed by atoms with Gasteiger partial charge in [-0.2, -0.15) is 0 Å². The molecule has 19 heavy (non-hydrogen) atoms. The van der Waals surface area contributed by atoms with Gasteiger partial charge in [-0.25, -0.2) is 9.97 Å². The summed E-state index contributed by atoms with van der Waals surface area (Å²) in [5.74, 6) is 1.47. The molecule has 0 radical (unpaired) electrons. The smallest absolute Gasteiger partial charge is 0.225 e. The van der Waals surface area contributed by atoms with E-state index in [-0.39, 0.29) is 0 Å². The summed E-state index contributed by atoms with van der Waals surface area (Å²) in [6.07, 6.45) is 1.13. The largest absolute Gasteiger partial charge is 0.366 e. The highest BCUT2D eigenvalue weighted by Crippen LogP contribution is 2.28. The molecular weight excluding hydrogens is 280 g/mol. The summed E-state index contributed by atoms with van der Waals surface area (Å²) < 4.78 is 0. The van der Waals surface area contributed by atoms with E-state index in [4.69, 9.17) is 11.6 Å². The predicted octanol–water partition coefficient (Wildman–Crippen LogP) is 3.10. The molecule has 2 aromatic rings. The van der Waals surface area contributed by atoms with Gasteiger partial charge in [-0.15, -0.1) is 11.3 Å². The summed E-state index contributed by atoms with van der Waals surface area (Å²) in [4.78, 5) is 11.9. The lowest BCUT2D eigenvalue weighted by Gasteiger charge is -2.35. The third-order valence-corrected chi connectivity index (χ3v) is 4.70. The fourth-order valence-corrected chi connectivity index (χ4v) is 3.67. The van der Waals surface area contributed by atoms with E-state index >= 15 is 0 Å². The molecule has 3 heterocycles. The molecule has 0 saturated carbocycles. The van der Waals surface area contributed by atoms with Gasteiger partial charge in [-0.3, -0.25) is 0 Å². The Morgan fingerprint density at radius 1 is 1.47 bits per heavy atom. The number of nitrogens with one attached hydrogen (secondary N) is 1. The molecule has 0 amide bonds. The number of likely N-dealkylation sites (tertiary alicyclic amines) is 1. The monoisotopic (exact) mass is 296 g/mol. The standard InChI is InChI=1S/C13H17ClN4S/c1-8-7-18(2)5-3-10(8)15-11-9-4-6-19-12(9)17-13(14)16-11/h4,6,8,10H,3,5,7H2,1-2H3,(H,15,16,17). The Morgan fingerprint density at radius 2 is 2.32 bits per heavy atom. The van der Waals surface area contributed by atoms with E-state index in [0.29, 0.717) is 17.2 Å². The quantitative estimate of drug-likeness (QED) is 0.865. The van der Waals surface area contributed by atoms with Crippen LogP contribution < -0.4 is 5.32 Å². The Kier molecular flexibility index (Phi) is 3.60. The summed E-state index contributed by atoms with van der Waals surface area (Å²) in [5.41, 5.74) is 0. The number of anilines is 1. The number of thiophene rings is 1. The molecule has 2 unspecified atom stereocenters. The average molecular weight is 297 g/mol. The lowest BCUT2D eigenvalue weighted by atomic mass is 9.94. The Bertz CT molecular complexity index is 585. The van der Waals surface area contributed by atoms with Gasteiger partial charge in [0.1, 0.15) is 10.6 Å². The summed E-state index contributed by atoms with van der Waals surface area (Å²) >= 11 is 7.59. The van der Waals surface area contributed by atoms with E-state index in [1.54, 1.807) is 11.3 Å². The van der Waals surface area contributed by atoms with Crippen molar-refractivity contribution in [1.82, 2.24) is 14.9 Å². The van der Waals surface area contributed by atoms with Crippen molar-refractivity contribution in [2.75, 3.05) is 25.5 Å². The van der Waals surface area contributed by atoms with Crippen molar-refractivity contribution in [1.29, 1.82) is 0 Å². The van der Waals surface area contributed by atoms with E-state index in [1.807, 2.05) is 5.38 Å². The van der Waals surface area contributed by atoms with Gasteiger partial charge in [0.2, 0.25) is 5.28 Å². The predicted molar refractivity (Wildman–Crippen MR) is 81.1 cm³/mol. The van der Waals surface area contributed by atoms with E-state index in [2.05, 4.69) is 40.2 Å². The van der Waals surface area contributed by atoms with Crippen molar-refractivity contribution in [3.63, 3.8) is 0 Å². The number of hydrogen-bond acceptors (Lipinski definition) is 5. The van der Waals surface area contributed by atoms with E-state index in [9.17, 15) is 0 Å². The fraction of sp³-hybridized carbons (Fsp3) is 0.538. The third kappa shape index (κ3) is 2.68. The average Bonchev–Trinajstić information content (AvgIpc) is 2.80. The van der Waals surface area contributed by atoms with Crippen LogP contribution in [0.3, 0.4) is 0 Å². The zero-order valence-electron chi connectivity index (χ0n) is 11.1. The van der Waals surface area contributed by atoms with Crippen LogP contribution >= 0.6 is 22.9 Å². The number of aromatic nitrogens is 2. The number of hydrogen-bond donors (Lipinski definition) is 1. The molecule has 1 fully saturated rings. The van der Waals surface area contributed by atoms with Crippen LogP contribution in [0.4, 0.5) is 5.82 Å². The van der Waals surface area contributed by atoms with Crippen LogP contribution in [0.1, 0.15) is 13.3 Å². The van der Waals surface area contributed by atoms with Crippen LogP contribution in [0.25, 0.3) is 10.2 Å². The molecule has 2 atom stereocenters. The molecule has 0 bridgehead atoms. The minimum atomic E-state index is 0.318. The molecule has 1 aliphatic rings. The van der Waals surface area contributed by atoms with Crippen molar-refractivity contribution in [3.05, 3.63) is 16.7 Å². The van der Waals surface area contributed by atoms with Gasteiger partial charge in [-0.05, 0) is 49.0 Å². The van der Waals surface area contributed by atoms with E-state index in [0.717, 1.165) is 35.5 Å². The van der Waals surface area contributed by atoms with E-state index in [1.165, 1.54) is 0 Å². The lowest BCUT2D eigenvalue weighted by molar-refractivity contribution is 0.206. The molecule has 6 heteroatoms. The van der Waals surface area contributed by atoms with Gasteiger partial charge in [0.15, 0.2) is 0 Å². The van der Waals surface area contributed by atoms with Crippen LogP contribution in [0.5, 0.6) is 0 Å². The normalized spacial score (nSPS) is 24.8. The fourth-order valence-electron chi connectivity index (χ4n) is 2.68. The first-order valence-corrected chi connectivity index (χ1v) is 7.75. The maximum absolute atomic E-state index is 5.99. The zero-order chi connectivity index (χ0) is 13.4. The molecule has 4 nitrogen and oxygen atoms in total. The number of fused-ring (bicyclic) bond motifs is 1. The van der Waals surface area contributed by atoms with Crippen LogP contribution in [-0.4, -0.2) is 41.0 Å². The molecule has 0 aliphatic carbocycles. The number of piperidine rings is 1. The van der Waals surface area contributed by atoms with E-state index < -0.39 is 0 Å².